The van der Waals surface area contributed by atoms with Crippen LogP contribution in [0.25, 0.3) is 0 Å². The Kier molecular flexibility index (Phi) is 12.3. The lowest BCUT2D eigenvalue weighted by molar-refractivity contribution is -0.139. The molecule has 3 aromatic rings. The van der Waals surface area contributed by atoms with Crippen LogP contribution < -0.4 is 30.3 Å². The summed E-state index contributed by atoms with van der Waals surface area (Å²) in [5, 5.41) is 10.1. The number of hydrazone groups is 1. The first kappa shape index (κ1) is 34.3. The molecule has 11 nitrogen and oxygen atoms in total. The minimum Gasteiger partial charge on any atom is -0.493 e. The monoisotopic (exact) mass is 858 g/mol. The van der Waals surface area contributed by atoms with Crippen LogP contribution in [0.15, 0.2) is 71.0 Å². The van der Waals surface area contributed by atoms with Crippen LogP contribution in [0.3, 0.4) is 0 Å². The van der Waals surface area contributed by atoms with E-state index in [0.29, 0.717) is 28.6 Å². The van der Waals surface area contributed by atoms with Gasteiger partial charge in [-0.3, -0.25) is 4.79 Å². The van der Waals surface area contributed by atoms with Crippen molar-refractivity contribution in [2.24, 2.45) is 5.10 Å². The molecule has 0 spiro atoms. The lowest BCUT2D eigenvalue weighted by atomic mass is 9.95. The van der Waals surface area contributed by atoms with Crippen LogP contribution in [0, 0.1) is 7.14 Å². The van der Waals surface area contributed by atoms with Crippen LogP contribution in [0.2, 0.25) is 5.02 Å². The molecule has 0 aliphatic carbocycles. The summed E-state index contributed by atoms with van der Waals surface area (Å²) >= 11 is 10.3. The third-order valence-electron chi connectivity index (χ3n) is 6.36. The van der Waals surface area contributed by atoms with Crippen LogP contribution in [0.1, 0.15) is 36.6 Å². The Morgan fingerprint density at radius 3 is 2.42 bits per heavy atom. The van der Waals surface area contributed by atoms with Crippen LogP contribution in [-0.4, -0.2) is 44.4 Å². The van der Waals surface area contributed by atoms with E-state index in [9.17, 15) is 14.4 Å². The molecule has 0 unspecified atom stereocenters. The van der Waals surface area contributed by atoms with Gasteiger partial charge in [-0.1, -0.05) is 29.8 Å². The zero-order valence-electron chi connectivity index (χ0n) is 24.4. The maximum absolute atomic E-state index is 12.6. The molecular weight excluding hydrogens is 830 g/mol. The topological polar surface area (TPSA) is 137 Å². The fourth-order valence-corrected chi connectivity index (χ4v) is 6.54. The molecule has 3 N–H and O–H groups in total. The van der Waals surface area contributed by atoms with Gasteiger partial charge < -0.3 is 29.6 Å². The van der Waals surface area contributed by atoms with E-state index in [0.717, 1.165) is 24.0 Å². The van der Waals surface area contributed by atoms with Crippen molar-refractivity contribution in [1.29, 1.82) is 0 Å². The number of esters is 1. The fourth-order valence-electron chi connectivity index (χ4n) is 4.29. The van der Waals surface area contributed by atoms with Crippen molar-refractivity contribution in [2.45, 2.75) is 26.5 Å². The average Bonchev–Trinajstić information content (AvgIpc) is 3.00. The standard InChI is InChI=1S/C31H29ClI2N4O7/c1-4-43-30(40)27-17(2)36-31(41)37-28(27)20-7-10-24(25(13-20)42-3)44-16-26(39)38-35-14-19-11-22(33)29(23(34)12-19)45-15-18-5-8-21(32)9-6-18/h5-14,28H,4,15-16H2,1-3H3,(H,38,39)(H2,36,37,41)/b35-14-/t28-/m1/s1. The molecular formula is C31H29ClI2N4O7. The molecule has 0 saturated carbocycles. The molecule has 236 valence electrons. The normalized spacial score (nSPS) is 14.4. The number of benzene rings is 3. The van der Waals surface area contributed by atoms with Crippen molar-refractivity contribution in [1.82, 2.24) is 16.1 Å². The number of carbonyl (C=O) groups excluding carboxylic acids is 3. The summed E-state index contributed by atoms with van der Waals surface area (Å²) in [5.41, 5.74) is 5.46. The van der Waals surface area contributed by atoms with Gasteiger partial charge in [-0.2, -0.15) is 5.10 Å². The summed E-state index contributed by atoms with van der Waals surface area (Å²) in [6, 6.07) is 14.9. The van der Waals surface area contributed by atoms with Gasteiger partial charge in [-0.05, 0) is 112 Å². The molecule has 1 atom stereocenters. The first-order valence-electron chi connectivity index (χ1n) is 13.5. The highest BCUT2D eigenvalue weighted by Crippen LogP contribution is 2.35. The zero-order chi connectivity index (χ0) is 32.5. The van der Waals surface area contributed by atoms with Gasteiger partial charge in [0.05, 0.1) is 38.7 Å². The highest BCUT2D eigenvalue weighted by Gasteiger charge is 2.32. The van der Waals surface area contributed by atoms with Crippen molar-refractivity contribution < 1.29 is 33.3 Å². The Balaban J connectivity index is 1.35. The van der Waals surface area contributed by atoms with Crippen LogP contribution in [0.5, 0.6) is 17.2 Å². The summed E-state index contributed by atoms with van der Waals surface area (Å²) < 4.78 is 24.1. The third kappa shape index (κ3) is 9.23. The highest BCUT2D eigenvalue weighted by molar-refractivity contribution is 14.1. The Bertz CT molecular complexity index is 1620. The molecule has 45 heavy (non-hydrogen) atoms. The molecule has 0 aromatic heterocycles. The van der Waals surface area contributed by atoms with Gasteiger partial charge in [-0.25, -0.2) is 15.0 Å². The highest BCUT2D eigenvalue weighted by atomic mass is 127. The number of carbonyl (C=O) groups is 3. The van der Waals surface area contributed by atoms with Gasteiger partial charge in [0.15, 0.2) is 18.1 Å². The number of urea groups is 1. The first-order valence-corrected chi connectivity index (χ1v) is 16.1. The van der Waals surface area contributed by atoms with Gasteiger partial charge in [0, 0.05) is 10.7 Å². The minimum absolute atomic E-state index is 0.185. The van der Waals surface area contributed by atoms with Gasteiger partial charge in [0.2, 0.25) is 0 Å². The Labute approximate surface area is 292 Å². The number of methoxy groups -OCH3 is 1. The molecule has 14 heteroatoms. The van der Waals surface area contributed by atoms with Crippen molar-refractivity contribution in [3.63, 3.8) is 0 Å². The summed E-state index contributed by atoms with van der Waals surface area (Å²) in [7, 11) is 1.45. The number of hydrogen-bond donors (Lipinski definition) is 3. The molecule has 4 rings (SSSR count). The molecule has 1 heterocycles. The second-order valence-corrected chi connectivity index (χ2v) is 12.3. The van der Waals surface area contributed by atoms with Crippen molar-refractivity contribution in [3.8, 4) is 17.2 Å². The number of halogens is 3. The van der Waals surface area contributed by atoms with E-state index in [1.54, 1.807) is 32.0 Å². The quantitative estimate of drug-likeness (QED) is 0.0900. The minimum atomic E-state index is -0.770. The van der Waals surface area contributed by atoms with E-state index in [-0.39, 0.29) is 24.5 Å². The SMILES string of the molecule is CCOC(=O)C1=C(C)NC(=O)N[C@@H]1c1ccc(OCC(=O)N/N=C\c2cc(I)c(OCc3ccc(Cl)cc3)c(I)c2)c(OC)c1. The van der Waals surface area contributed by atoms with E-state index >= 15 is 0 Å². The predicted octanol–water partition coefficient (Wildman–Crippen LogP) is 5.86. The number of nitrogens with zero attached hydrogens (tertiary/aromatic N) is 1. The van der Waals surface area contributed by atoms with Crippen molar-refractivity contribution in [2.75, 3.05) is 20.3 Å². The largest absolute Gasteiger partial charge is 0.493 e. The zero-order valence-corrected chi connectivity index (χ0v) is 29.5. The Morgan fingerprint density at radius 1 is 1.04 bits per heavy atom. The second-order valence-electron chi connectivity index (χ2n) is 9.51. The number of rotatable bonds is 12. The molecule has 3 amide bonds. The van der Waals surface area contributed by atoms with Crippen molar-refractivity contribution >= 4 is 80.9 Å². The molecule has 1 aliphatic heterocycles. The first-order chi connectivity index (χ1) is 21.6. The van der Waals surface area contributed by atoms with Gasteiger partial charge in [0.25, 0.3) is 5.91 Å². The summed E-state index contributed by atoms with van der Waals surface area (Å²) in [6.45, 7) is 3.58. The number of ether oxygens (including phenoxy) is 4. The Morgan fingerprint density at radius 2 is 1.76 bits per heavy atom. The smallest absolute Gasteiger partial charge is 0.338 e. The maximum Gasteiger partial charge on any atom is 0.338 e. The summed E-state index contributed by atoms with van der Waals surface area (Å²) in [6.07, 6.45) is 1.53. The molecule has 0 bridgehead atoms. The molecule has 3 aromatic carbocycles. The molecule has 1 aliphatic rings. The number of amides is 3. The van der Waals surface area contributed by atoms with Crippen LogP contribution in [-0.2, 0) is 20.9 Å². The third-order valence-corrected chi connectivity index (χ3v) is 8.22. The van der Waals surface area contributed by atoms with E-state index < -0.39 is 23.9 Å². The summed E-state index contributed by atoms with van der Waals surface area (Å²) in [5.74, 6) is 0.314. The number of hydrogen-bond acceptors (Lipinski definition) is 8. The average molecular weight is 859 g/mol. The van der Waals surface area contributed by atoms with E-state index in [1.165, 1.54) is 13.3 Å². The van der Waals surface area contributed by atoms with Crippen molar-refractivity contribution in [3.05, 3.63) is 94.7 Å². The van der Waals surface area contributed by atoms with Gasteiger partial charge >= 0.3 is 12.0 Å². The lowest BCUT2D eigenvalue weighted by Crippen LogP contribution is -2.45. The van der Waals surface area contributed by atoms with Crippen LogP contribution >= 0.6 is 56.8 Å². The molecule has 0 fully saturated rings. The molecule has 0 saturated heterocycles. The fraction of sp³-hybridized carbons (Fsp3) is 0.226. The Hall–Kier alpha value is -3.57. The summed E-state index contributed by atoms with van der Waals surface area (Å²) in [4.78, 5) is 37.2. The van der Waals surface area contributed by atoms with Gasteiger partial charge in [0.1, 0.15) is 12.4 Å². The van der Waals surface area contributed by atoms with E-state index in [1.807, 2.05) is 36.4 Å². The lowest BCUT2D eigenvalue weighted by Gasteiger charge is -2.28. The maximum atomic E-state index is 12.6. The second kappa shape index (κ2) is 16.1. The number of nitrogens with one attached hydrogen (secondary N) is 3. The molecule has 0 radical (unpaired) electrons. The van der Waals surface area contributed by atoms with Crippen LogP contribution in [0.4, 0.5) is 4.79 Å². The van der Waals surface area contributed by atoms with E-state index in [2.05, 4.69) is 66.3 Å². The number of allylic oxidation sites excluding steroid dienone is 1. The van der Waals surface area contributed by atoms with E-state index in [4.69, 9.17) is 30.5 Å². The predicted molar refractivity (Wildman–Crippen MR) is 186 cm³/mol. The van der Waals surface area contributed by atoms with Gasteiger partial charge in [-0.15, -0.1) is 0 Å².